The van der Waals surface area contributed by atoms with Crippen LogP contribution in [-0.2, 0) is 4.79 Å². The molecule has 0 aliphatic carbocycles. The molecule has 0 bridgehead atoms. The number of rotatable bonds is 7. The van der Waals surface area contributed by atoms with Gasteiger partial charge in [-0.15, -0.1) is 0 Å². The topological polar surface area (TPSA) is 65.5 Å². The first-order chi connectivity index (χ1) is 11.1. The van der Waals surface area contributed by atoms with Gasteiger partial charge in [0.05, 0.1) is 6.04 Å². The summed E-state index contributed by atoms with van der Waals surface area (Å²) in [6, 6.07) is 3.80. The van der Waals surface area contributed by atoms with Gasteiger partial charge in [0, 0.05) is 45.5 Å². The average molecular weight is 318 g/mol. The number of amides is 3. The van der Waals surface area contributed by atoms with E-state index in [9.17, 15) is 9.59 Å². The van der Waals surface area contributed by atoms with Gasteiger partial charge in [-0.25, -0.2) is 4.79 Å². The fourth-order valence-corrected chi connectivity index (χ4v) is 2.98. The predicted molar refractivity (Wildman–Crippen MR) is 88.9 cm³/mol. The smallest absolute Gasteiger partial charge is 0.317 e. The van der Waals surface area contributed by atoms with E-state index in [1.54, 1.807) is 24.3 Å². The largest absolute Gasteiger partial charge is 0.343 e. The molecule has 2 rings (SSSR count). The van der Waals surface area contributed by atoms with Crippen molar-refractivity contribution in [2.24, 2.45) is 0 Å². The molecule has 1 fully saturated rings. The highest BCUT2D eigenvalue weighted by atomic mass is 16.2. The Hall–Kier alpha value is -2.11. The second-order valence-electron chi connectivity index (χ2n) is 5.89. The van der Waals surface area contributed by atoms with E-state index in [2.05, 4.69) is 17.2 Å². The Bertz CT molecular complexity index is 521. The van der Waals surface area contributed by atoms with Crippen LogP contribution in [0.4, 0.5) is 4.79 Å². The molecule has 0 saturated carbocycles. The van der Waals surface area contributed by atoms with Crippen molar-refractivity contribution in [3.8, 4) is 0 Å². The second kappa shape index (κ2) is 8.50. The van der Waals surface area contributed by atoms with Gasteiger partial charge in [-0.2, -0.15) is 0 Å². The molecule has 0 aromatic carbocycles. The molecule has 0 spiro atoms. The molecule has 3 amide bonds. The molecule has 1 aliphatic rings. The molecule has 1 atom stereocenters. The SMILES string of the molecule is CC[C@@H](c1cccnc1)N(C)C(=O)NCCCN1CCCC1=O. The Morgan fingerprint density at radius 1 is 1.52 bits per heavy atom. The van der Waals surface area contributed by atoms with Crippen LogP contribution in [-0.4, -0.2) is 53.4 Å². The zero-order valence-electron chi connectivity index (χ0n) is 14.0. The van der Waals surface area contributed by atoms with E-state index in [1.807, 2.05) is 17.0 Å². The summed E-state index contributed by atoms with van der Waals surface area (Å²) in [7, 11) is 1.81. The van der Waals surface area contributed by atoms with Crippen LogP contribution in [0.1, 0.15) is 44.2 Å². The molecule has 0 radical (unpaired) electrons. The van der Waals surface area contributed by atoms with Crippen molar-refractivity contribution in [2.75, 3.05) is 26.7 Å². The number of likely N-dealkylation sites (tertiary alicyclic amines) is 1. The van der Waals surface area contributed by atoms with E-state index < -0.39 is 0 Å². The molecule has 126 valence electrons. The van der Waals surface area contributed by atoms with Crippen LogP contribution >= 0.6 is 0 Å². The predicted octanol–water partition coefficient (Wildman–Crippen LogP) is 2.19. The summed E-state index contributed by atoms with van der Waals surface area (Å²) < 4.78 is 0. The van der Waals surface area contributed by atoms with Crippen molar-refractivity contribution < 1.29 is 9.59 Å². The Morgan fingerprint density at radius 2 is 2.35 bits per heavy atom. The number of hydrogen-bond acceptors (Lipinski definition) is 3. The third kappa shape index (κ3) is 4.68. The first kappa shape index (κ1) is 17.2. The monoisotopic (exact) mass is 318 g/mol. The molecule has 6 heteroatoms. The molecular weight excluding hydrogens is 292 g/mol. The lowest BCUT2D eigenvalue weighted by atomic mass is 10.1. The normalized spacial score (nSPS) is 15.6. The molecule has 0 unspecified atom stereocenters. The van der Waals surface area contributed by atoms with Crippen LogP contribution in [0, 0.1) is 0 Å². The van der Waals surface area contributed by atoms with E-state index in [0.717, 1.165) is 37.9 Å². The molecule has 1 aromatic rings. The quantitative estimate of drug-likeness (QED) is 0.784. The Kier molecular flexibility index (Phi) is 6.38. The second-order valence-corrected chi connectivity index (χ2v) is 5.89. The van der Waals surface area contributed by atoms with Crippen molar-refractivity contribution in [2.45, 2.75) is 38.6 Å². The third-order valence-corrected chi connectivity index (χ3v) is 4.30. The number of carbonyl (C=O) groups excluding carboxylic acids is 2. The highest BCUT2D eigenvalue weighted by molar-refractivity contribution is 5.78. The van der Waals surface area contributed by atoms with E-state index >= 15 is 0 Å². The molecule has 23 heavy (non-hydrogen) atoms. The summed E-state index contributed by atoms with van der Waals surface area (Å²) in [5, 5.41) is 2.93. The number of hydrogen-bond donors (Lipinski definition) is 1. The van der Waals surface area contributed by atoms with E-state index in [-0.39, 0.29) is 18.0 Å². The van der Waals surface area contributed by atoms with Gasteiger partial charge >= 0.3 is 6.03 Å². The Morgan fingerprint density at radius 3 is 2.96 bits per heavy atom. The van der Waals surface area contributed by atoms with Gasteiger partial charge in [-0.1, -0.05) is 13.0 Å². The van der Waals surface area contributed by atoms with Gasteiger partial charge in [0.15, 0.2) is 0 Å². The lowest BCUT2D eigenvalue weighted by Gasteiger charge is -2.27. The fraction of sp³-hybridized carbons (Fsp3) is 0.588. The summed E-state index contributed by atoms with van der Waals surface area (Å²) in [5.41, 5.74) is 1.04. The maximum atomic E-state index is 12.3. The number of aromatic nitrogens is 1. The maximum absolute atomic E-state index is 12.3. The lowest BCUT2D eigenvalue weighted by Crippen LogP contribution is -2.40. The van der Waals surface area contributed by atoms with Gasteiger partial charge in [0.1, 0.15) is 0 Å². The summed E-state index contributed by atoms with van der Waals surface area (Å²) in [6.45, 7) is 4.21. The van der Waals surface area contributed by atoms with Gasteiger partial charge in [-0.05, 0) is 30.9 Å². The van der Waals surface area contributed by atoms with Gasteiger partial charge < -0.3 is 15.1 Å². The van der Waals surface area contributed by atoms with Crippen LogP contribution in [0.15, 0.2) is 24.5 Å². The van der Waals surface area contributed by atoms with E-state index in [0.29, 0.717) is 13.0 Å². The standard InChI is InChI=1S/C17H26N4O2/c1-3-15(14-7-4-9-18-13-14)20(2)17(23)19-10-6-12-21-11-5-8-16(21)22/h4,7,9,13,15H,3,5-6,8,10-12H2,1-2H3,(H,19,23)/t15-/m0/s1. The van der Waals surface area contributed by atoms with Crippen molar-refractivity contribution in [1.29, 1.82) is 0 Å². The Balaban J connectivity index is 1.76. The maximum Gasteiger partial charge on any atom is 0.317 e. The molecular formula is C17H26N4O2. The van der Waals surface area contributed by atoms with Gasteiger partial charge in [-0.3, -0.25) is 9.78 Å². The van der Waals surface area contributed by atoms with Gasteiger partial charge in [0.2, 0.25) is 5.91 Å². The van der Waals surface area contributed by atoms with Crippen LogP contribution in [0.5, 0.6) is 0 Å². The molecule has 1 saturated heterocycles. The minimum atomic E-state index is -0.0894. The molecule has 1 N–H and O–H groups in total. The molecule has 1 aromatic heterocycles. The van der Waals surface area contributed by atoms with Crippen LogP contribution in [0.2, 0.25) is 0 Å². The first-order valence-electron chi connectivity index (χ1n) is 8.31. The third-order valence-electron chi connectivity index (χ3n) is 4.30. The molecule has 6 nitrogen and oxygen atoms in total. The minimum Gasteiger partial charge on any atom is -0.343 e. The number of urea groups is 1. The summed E-state index contributed by atoms with van der Waals surface area (Å²) >= 11 is 0. The first-order valence-corrected chi connectivity index (χ1v) is 8.31. The van der Waals surface area contributed by atoms with Crippen molar-refractivity contribution in [1.82, 2.24) is 20.1 Å². The van der Waals surface area contributed by atoms with Crippen molar-refractivity contribution in [3.05, 3.63) is 30.1 Å². The Labute approximate surface area is 137 Å². The minimum absolute atomic E-state index is 0.0175. The average Bonchev–Trinajstić information content (AvgIpc) is 2.98. The molecule has 1 aliphatic heterocycles. The molecule has 2 heterocycles. The lowest BCUT2D eigenvalue weighted by molar-refractivity contribution is -0.127. The summed E-state index contributed by atoms with van der Waals surface area (Å²) in [6.07, 6.45) is 6.77. The van der Waals surface area contributed by atoms with Crippen LogP contribution in [0.25, 0.3) is 0 Å². The summed E-state index contributed by atoms with van der Waals surface area (Å²) in [5.74, 6) is 0.232. The number of nitrogens with zero attached hydrogens (tertiary/aromatic N) is 3. The highest BCUT2D eigenvalue weighted by Crippen LogP contribution is 2.21. The van der Waals surface area contributed by atoms with E-state index in [1.165, 1.54) is 0 Å². The highest BCUT2D eigenvalue weighted by Gasteiger charge is 2.21. The summed E-state index contributed by atoms with van der Waals surface area (Å²) in [4.78, 5) is 31.5. The zero-order valence-corrected chi connectivity index (χ0v) is 14.0. The van der Waals surface area contributed by atoms with Gasteiger partial charge in [0.25, 0.3) is 0 Å². The van der Waals surface area contributed by atoms with Crippen LogP contribution in [0.3, 0.4) is 0 Å². The van der Waals surface area contributed by atoms with E-state index in [4.69, 9.17) is 0 Å². The zero-order chi connectivity index (χ0) is 16.7. The van der Waals surface area contributed by atoms with Crippen LogP contribution < -0.4 is 5.32 Å². The number of nitrogens with one attached hydrogen (secondary N) is 1. The number of carbonyl (C=O) groups is 2. The number of pyridine rings is 1. The van der Waals surface area contributed by atoms with Crippen molar-refractivity contribution >= 4 is 11.9 Å². The van der Waals surface area contributed by atoms with Crippen molar-refractivity contribution in [3.63, 3.8) is 0 Å². The fourth-order valence-electron chi connectivity index (χ4n) is 2.98.